The molecule has 0 fully saturated rings. The van der Waals surface area contributed by atoms with Gasteiger partial charge in [0.25, 0.3) is 5.56 Å². The van der Waals surface area contributed by atoms with E-state index in [1.54, 1.807) is 27.5 Å². The number of nitrogens with zero attached hydrogens (tertiary/aromatic N) is 1. The van der Waals surface area contributed by atoms with Gasteiger partial charge in [-0.2, -0.15) is 0 Å². The molecule has 0 bridgehead atoms. The van der Waals surface area contributed by atoms with Crippen LogP contribution in [0.4, 0.5) is 0 Å². The van der Waals surface area contributed by atoms with E-state index >= 15 is 0 Å². The summed E-state index contributed by atoms with van der Waals surface area (Å²) < 4.78 is 13.1. The van der Waals surface area contributed by atoms with Crippen molar-refractivity contribution in [2.75, 3.05) is 14.2 Å². The molecule has 17 heavy (non-hydrogen) atoms. The molecule has 2 aromatic rings. The van der Waals surface area contributed by atoms with E-state index in [9.17, 15) is 4.79 Å². The van der Waals surface area contributed by atoms with Crippen LogP contribution in [0.2, 0.25) is 0 Å². The summed E-state index contributed by atoms with van der Waals surface area (Å²) in [5.74, 6) is 1.28. The number of aryl methyl sites for hydroxylation is 1. The van der Waals surface area contributed by atoms with Crippen molar-refractivity contribution in [2.45, 2.75) is 0 Å². The van der Waals surface area contributed by atoms with Crippen molar-refractivity contribution in [3.63, 3.8) is 0 Å². The third-order valence-corrected chi connectivity index (χ3v) is 3.46. The molecule has 1 aromatic carbocycles. The predicted molar refractivity (Wildman–Crippen MR) is 75.0 cm³/mol. The molecule has 1 heterocycles. The maximum Gasteiger partial charge on any atom is 0.262 e. The quantitative estimate of drug-likeness (QED) is 0.784. The van der Waals surface area contributed by atoms with E-state index in [2.05, 4.69) is 22.6 Å². The zero-order chi connectivity index (χ0) is 12.6. The van der Waals surface area contributed by atoms with E-state index in [0.29, 0.717) is 16.9 Å². The molecule has 0 aliphatic heterocycles. The Morgan fingerprint density at radius 3 is 2.59 bits per heavy atom. The van der Waals surface area contributed by atoms with Crippen LogP contribution < -0.4 is 15.0 Å². The molecule has 0 amide bonds. The molecule has 0 spiro atoms. The maximum absolute atomic E-state index is 12.1. The van der Waals surface area contributed by atoms with E-state index in [4.69, 9.17) is 9.47 Å². The molecule has 5 heteroatoms. The molecule has 4 nitrogen and oxygen atoms in total. The second-order valence-electron chi connectivity index (χ2n) is 3.61. The van der Waals surface area contributed by atoms with Gasteiger partial charge in [0.1, 0.15) is 11.5 Å². The van der Waals surface area contributed by atoms with Gasteiger partial charge >= 0.3 is 0 Å². The third kappa shape index (κ3) is 1.88. The molecule has 0 radical (unpaired) electrons. The molecule has 0 N–H and O–H groups in total. The lowest BCUT2D eigenvalue weighted by molar-refractivity contribution is 0.407. The number of pyridine rings is 1. The second kappa shape index (κ2) is 4.56. The van der Waals surface area contributed by atoms with Gasteiger partial charge in [-0.3, -0.25) is 4.79 Å². The Morgan fingerprint density at radius 1 is 1.29 bits per heavy atom. The Kier molecular flexibility index (Phi) is 3.28. The highest BCUT2D eigenvalue weighted by Crippen LogP contribution is 2.35. The van der Waals surface area contributed by atoms with E-state index in [-0.39, 0.29) is 5.56 Å². The first kappa shape index (κ1) is 12.2. The van der Waals surface area contributed by atoms with Crippen molar-refractivity contribution in [1.29, 1.82) is 0 Å². The van der Waals surface area contributed by atoms with Gasteiger partial charge in [-0.15, -0.1) is 0 Å². The van der Waals surface area contributed by atoms with Crippen molar-refractivity contribution >= 4 is 33.4 Å². The molecule has 0 unspecified atom stereocenters. The Balaban J connectivity index is 3.02. The van der Waals surface area contributed by atoms with E-state index in [1.807, 2.05) is 12.1 Å². The lowest BCUT2D eigenvalue weighted by Crippen LogP contribution is -2.16. The van der Waals surface area contributed by atoms with Gasteiger partial charge in [-0.05, 0) is 34.7 Å². The summed E-state index contributed by atoms with van der Waals surface area (Å²) in [5.41, 5.74) is -0.0888. The van der Waals surface area contributed by atoms with Crippen LogP contribution in [0, 0.1) is 3.57 Å². The predicted octanol–water partition coefficient (Wildman–Crippen LogP) is 2.16. The Morgan fingerprint density at radius 2 is 2.00 bits per heavy atom. The fraction of sp³-hybridized carbons (Fsp3) is 0.250. The molecule has 2 rings (SSSR count). The summed E-state index contributed by atoms with van der Waals surface area (Å²) in [6, 6.07) is 3.67. The van der Waals surface area contributed by atoms with Gasteiger partial charge in [-0.1, -0.05) is 0 Å². The SMILES string of the molecule is COc1c(I)cc(OC)c2c(=O)n(C)ccc12. The first-order valence-electron chi connectivity index (χ1n) is 5.00. The monoisotopic (exact) mass is 345 g/mol. The average molecular weight is 345 g/mol. The molecule has 0 saturated heterocycles. The number of hydrogen-bond donors (Lipinski definition) is 0. The highest BCUT2D eigenvalue weighted by Gasteiger charge is 2.15. The third-order valence-electron chi connectivity index (χ3n) is 2.66. The molecular formula is C12H12INO3. The molecule has 0 aliphatic rings. The highest BCUT2D eigenvalue weighted by atomic mass is 127. The van der Waals surface area contributed by atoms with Crippen LogP contribution in [0.1, 0.15) is 0 Å². The largest absolute Gasteiger partial charge is 0.496 e. The lowest BCUT2D eigenvalue weighted by Gasteiger charge is -2.12. The summed E-state index contributed by atoms with van der Waals surface area (Å²) >= 11 is 2.16. The van der Waals surface area contributed by atoms with Crippen molar-refractivity contribution in [3.05, 3.63) is 32.3 Å². The zero-order valence-electron chi connectivity index (χ0n) is 9.78. The second-order valence-corrected chi connectivity index (χ2v) is 4.78. The van der Waals surface area contributed by atoms with Gasteiger partial charge in [0.15, 0.2) is 0 Å². The van der Waals surface area contributed by atoms with Crippen LogP contribution in [-0.4, -0.2) is 18.8 Å². The summed E-state index contributed by atoms with van der Waals surface area (Å²) in [4.78, 5) is 12.1. The number of methoxy groups -OCH3 is 2. The fourth-order valence-electron chi connectivity index (χ4n) is 1.81. The Labute approximate surface area is 112 Å². The van der Waals surface area contributed by atoms with Gasteiger partial charge in [-0.25, -0.2) is 0 Å². The van der Waals surface area contributed by atoms with Crippen molar-refractivity contribution in [3.8, 4) is 11.5 Å². The smallest absolute Gasteiger partial charge is 0.262 e. The number of ether oxygens (including phenoxy) is 2. The number of rotatable bonds is 2. The van der Waals surface area contributed by atoms with Crippen LogP contribution in [-0.2, 0) is 7.05 Å². The fourth-order valence-corrected chi connectivity index (χ4v) is 2.60. The summed E-state index contributed by atoms with van der Waals surface area (Å²) in [6.07, 6.45) is 1.72. The first-order chi connectivity index (χ1) is 8.10. The van der Waals surface area contributed by atoms with Gasteiger partial charge in [0, 0.05) is 18.6 Å². The molecule has 0 aliphatic carbocycles. The van der Waals surface area contributed by atoms with Crippen molar-refractivity contribution < 1.29 is 9.47 Å². The topological polar surface area (TPSA) is 40.5 Å². The normalized spacial score (nSPS) is 10.6. The first-order valence-corrected chi connectivity index (χ1v) is 6.07. The molecule has 1 aromatic heterocycles. The standard InChI is InChI=1S/C12H12INO3/c1-14-5-4-7-10(12(14)15)9(16-2)6-8(13)11(7)17-3/h4-6H,1-3H3. The van der Waals surface area contributed by atoms with Crippen LogP contribution in [0.25, 0.3) is 10.8 Å². The molecule has 90 valence electrons. The molecule has 0 saturated carbocycles. The molecule has 0 atom stereocenters. The highest BCUT2D eigenvalue weighted by molar-refractivity contribution is 14.1. The van der Waals surface area contributed by atoms with Gasteiger partial charge < -0.3 is 14.0 Å². The zero-order valence-corrected chi connectivity index (χ0v) is 11.9. The summed E-state index contributed by atoms with van der Waals surface area (Å²) in [5, 5.41) is 1.33. The minimum atomic E-state index is -0.0888. The van der Waals surface area contributed by atoms with Crippen LogP contribution in [0.3, 0.4) is 0 Å². The number of halogens is 1. The van der Waals surface area contributed by atoms with Crippen LogP contribution in [0.15, 0.2) is 23.1 Å². The number of fused-ring (bicyclic) bond motifs is 1. The number of benzene rings is 1. The maximum atomic E-state index is 12.1. The number of hydrogen-bond acceptors (Lipinski definition) is 3. The minimum Gasteiger partial charge on any atom is -0.496 e. The Bertz CT molecular complexity index is 634. The minimum absolute atomic E-state index is 0.0888. The van der Waals surface area contributed by atoms with Crippen LogP contribution >= 0.6 is 22.6 Å². The summed E-state index contributed by atoms with van der Waals surface area (Å²) in [6.45, 7) is 0. The molecular weight excluding hydrogens is 333 g/mol. The number of aromatic nitrogens is 1. The van der Waals surface area contributed by atoms with Crippen molar-refractivity contribution in [1.82, 2.24) is 4.57 Å². The van der Waals surface area contributed by atoms with E-state index in [0.717, 1.165) is 8.96 Å². The van der Waals surface area contributed by atoms with Gasteiger partial charge in [0.05, 0.1) is 23.2 Å². The Hall–Kier alpha value is -1.24. The lowest BCUT2D eigenvalue weighted by atomic mass is 10.1. The van der Waals surface area contributed by atoms with Crippen molar-refractivity contribution in [2.24, 2.45) is 7.05 Å². The van der Waals surface area contributed by atoms with Crippen LogP contribution in [0.5, 0.6) is 11.5 Å². The summed E-state index contributed by atoms with van der Waals surface area (Å²) in [7, 11) is 4.87. The van der Waals surface area contributed by atoms with E-state index in [1.165, 1.54) is 4.57 Å². The average Bonchev–Trinajstić information content (AvgIpc) is 2.32. The van der Waals surface area contributed by atoms with E-state index < -0.39 is 0 Å². The van der Waals surface area contributed by atoms with Gasteiger partial charge in [0.2, 0.25) is 0 Å².